The Labute approximate surface area is 168 Å². The maximum Gasteiger partial charge on any atom is 0.231 e. The largest absolute Gasteiger partial charge is 0.374 e. The molecule has 1 aromatic carbocycles. The highest BCUT2D eigenvalue weighted by molar-refractivity contribution is 9.10. The lowest BCUT2D eigenvalue weighted by Crippen LogP contribution is -2.38. The summed E-state index contributed by atoms with van der Waals surface area (Å²) in [7, 11) is 0. The molecule has 5 heterocycles. The zero-order valence-corrected chi connectivity index (χ0v) is 16.4. The van der Waals surface area contributed by atoms with Crippen LogP contribution in [-0.4, -0.2) is 54.8 Å². The third kappa shape index (κ3) is 2.55. The van der Waals surface area contributed by atoms with Crippen molar-refractivity contribution in [2.24, 2.45) is 0 Å². The summed E-state index contributed by atoms with van der Waals surface area (Å²) in [5, 5.41) is 7.76. The molecule has 0 unspecified atom stereocenters. The number of rotatable bonds is 4. The topological polar surface area (TPSA) is 96.3 Å². The maximum atomic E-state index is 5.71. The number of aromatic amines is 1. The summed E-state index contributed by atoms with van der Waals surface area (Å²) in [5.74, 6) is 2.18. The predicted molar refractivity (Wildman–Crippen MR) is 107 cm³/mol. The highest BCUT2D eigenvalue weighted by Crippen LogP contribution is 2.32. The molecule has 0 radical (unpaired) electrons. The van der Waals surface area contributed by atoms with Crippen molar-refractivity contribution >= 4 is 44.5 Å². The Kier molecular flexibility index (Phi) is 3.57. The first kappa shape index (κ1) is 16.3. The van der Waals surface area contributed by atoms with Crippen molar-refractivity contribution in [3.05, 3.63) is 40.8 Å². The van der Waals surface area contributed by atoms with Crippen molar-refractivity contribution in [3.8, 4) is 0 Å². The van der Waals surface area contributed by atoms with Crippen molar-refractivity contribution in [1.82, 2.24) is 29.5 Å². The van der Waals surface area contributed by atoms with Crippen molar-refractivity contribution in [3.63, 3.8) is 0 Å². The highest BCUT2D eigenvalue weighted by Gasteiger charge is 2.40. The monoisotopic (exact) mass is 440 g/mol. The molecule has 3 aromatic heterocycles. The van der Waals surface area contributed by atoms with Crippen LogP contribution >= 0.6 is 15.9 Å². The first-order chi connectivity index (χ1) is 13.7. The summed E-state index contributed by atoms with van der Waals surface area (Å²) in [6.45, 7) is 2.07. The first-order valence-corrected chi connectivity index (χ1v) is 10.0. The minimum absolute atomic E-state index is 0.283. The Hall–Kier alpha value is -2.72. The molecule has 2 aliphatic heterocycles. The number of nitrogens with zero attached hydrogens (tertiary/aromatic N) is 6. The molecule has 6 rings (SSSR count). The van der Waals surface area contributed by atoms with Crippen LogP contribution in [0, 0.1) is 0 Å². The van der Waals surface area contributed by atoms with Gasteiger partial charge in [0, 0.05) is 6.54 Å². The van der Waals surface area contributed by atoms with Gasteiger partial charge in [-0.1, -0.05) is 12.1 Å². The number of benzene rings is 1. The minimum Gasteiger partial charge on any atom is -0.374 e. The van der Waals surface area contributed by atoms with Gasteiger partial charge in [-0.3, -0.25) is 0 Å². The van der Waals surface area contributed by atoms with Crippen LogP contribution in [0.3, 0.4) is 0 Å². The van der Waals surface area contributed by atoms with Gasteiger partial charge in [-0.2, -0.15) is 19.6 Å². The standard InChI is InChI=1S/C18H17BrN8O/c19-12-6-21-27-16(12)24-18(26-8-11-5-10(26)9-28-11)25-17(27)20-7-15-22-13-3-1-2-4-14(13)23-15/h1-4,6,10-11H,5,7-9H2,(H,22,23)(H,20,24,25)/t10-,11-/m0/s1. The Morgan fingerprint density at radius 1 is 1.25 bits per heavy atom. The second-order valence-electron chi connectivity index (χ2n) is 7.13. The van der Waals surface area contributed by atoms with Crippen molar-refractivity contribution < 1.29 is 4.74 Å². The van der Waals surface area contributed by atoms with Crippen LogP contribution in [0.2, 0.25) is 0 Å². The van der Waals surface area contributed by atoms with Crippen molar-refractivity contribution in [2.75, 3.05) is 23.4 Å². The fraction of sp³-hybridized carbons (Fsp3) is 0.333. The number of ether oxygens (including phenoxy) is 1. The first-order valence-electron chi connectivity index (χ1n) is 9.21. The van der Waals surface area contributed by atoms with Crippen LogP contribution in [0.15, 0.2) is 34.9 Å². The molecule has 2 aliphatic rings. The van der Waals surface area contributed by atoms with Crippen LogP contribution in [-0.2, 0) is 11.3 Å². The fourth-order valence-electron chi connectivity index (χ4n) is 3.98. The van der Waals surface area contributed by atoms with Crippen molar-refractivity contribution in [2.45, 2.75) is 25.1 Å². The molecule has 2 atom stereocenters. The van der Waals surface area contributed by atoms with E-state index in [1.165, 1.54) is 0 Å². The van der Waals surface area contributed by atoms with Gasteiger partial charge in [0.05, 0.1) is 47.0 Å². The maximum absolute atomic E-state index is 5.71. The van der Waals surface area contributed by atoms with Crippen LogP contribution in [0.1, 0.15) is 12.2 Å². The van der Waals surface area contributed by atoms with E-state index in [1.807, 2.05) is 24.3 Å². The van der Waals surface area contributed by atoms with Gasteiger partial charge in [-0.05, 0) is 34.5 Å². The van der Waals surface area contributed by atoms with E-state index in [0.29, 0.717) is 24.5 Å². The van der Waals surface area contributed by atoms with Crippen LogP contribution < -0.4 is 10.2 Å². The van der Waals surface area contributed by atoms with Gasteiger partial charge in [-0.25, -0.2) is 4.98 Å². The van der Waals surface area contributed by atoms with Gasteiger partial charge in [0.2, 0.25) is 11.9 Å². The fourth-order valence-corrected chi connectivity index (χ4v) is 4.33. The Bertz CT molecular complexity index is 1150. The number of fused-ring (bicyclic) bond motifs is 4. The smallest absolute Gasteiger partial charge is 0.231 e. The molecule has 0 aliphatic carbocycles. The molecule has 0 saturated carbocycles. The number of para-hydroxylation sites is 2. The van der Waals surface area contributed by atoms with E-state index in [9.17, 15) is 0 Å². The van der Waals surface area contributed by atoms with E-state index >= 15 is 0 Å². The minimum atomic E-state index is 0.283. The Balaban J connectivity index is 1.34. The van der Waals surface area contributed by atoms with E-state index in [2.05, 4.69) is 41.2 Å². The van der Waals surface area contributed by atoms with Gasteiger partial charge in [0.25, 0.3) is 0 Å². The molecule has 2 N–H and O–H groups in total. The normalized spacial score (nSPS) is 21.2. The number of imidazole rings is 1. The molecule has 28 heavy (non-hydrogen) atoms. The molecule has 2 bridgehead atoms. The van der Waals surface area contributed by atoms with E-state index < -0.39 is 0 Å². The number of H-pyrrole nitrogens is 1. The summed E-state index contributed by atoms with van der Waals surface area (Å²) in [5.41, 5.74) is 2.70. The second-order valence-corrected chi connectivity index (χ2v) is 7.98. The number of morpholine rings is 1. The zero-order valence-electron chi connectivity index (χ0n) is 14.8. The lowest BCUT2D eigenvalue weighted by atomic mass is 10.2. The van der Waals surface area contributed by atoms with Crippen LogP contribution in [0.5, 0.6) is 0 Å². The Morgan fingerprint density at radius 2 is 2.18 bits per heavy atom. The van der Waals surface area contributed by atoms with E-state index in [4.69, 9.17) is 14.7 Å². The van der Waals surface area contributed by atoms with Gasteiger partial charge < -0.3 is 19.9 Å². The van der Waals surface area contributed by atoms with Gasteiger partial charge in [0.15, 0.2) is 5.65 Å². The molecule has 10 heteroatoms. The van der Waals surface area contributed by atoms with Crippen LogP contribution in [0.25, 0.3) is 16.7 Å². The average molecular weight is 441 g/mol. The van der Waals surface area contributed by atoms with E-state index in [1.54, 1.807) is 10.7 Å². The van der Waals surface area contributed by atoms with Gasteiger partial charge in [-0.15, -0.1) is 0 Å². The number of anilines is 2. The SMILES string of the molecule is Brc1cnn2c(NCc3nc4ccccc4[nH]3)nc(N3C[C@@H]4C[C@H]3CO4)nc12. The van der Waals surface area contributed by atoms with Crippen molar-refractivity contribution in [1.29, 1.82) is 0 Å². The van der Waals surface area contributed by atoms with E-state index in [0.717, 1.165) is 46.6 Å². The Morgan fingerprint density at radius 3 is 3.00 bits per heavy atom. The molecule has 4 aromatic rings. The molecule has 0 spiro atoms. The molecular weight excluding hydrogens is 424 g/mol. The molecule has 142 valence electrons. The van der Waals surface area contributed by atoms with Crippen LogP contribution in [0.4, 0.5) is 11.9 Å². The second kappa shape index (κ2) is 6.14. The molecule has 9 nitrogen and oxygen atoms in total. The summed E-state index contributed by atoms with van der Waals surface area (Å²) < 4.78 is 8.26. The van der Waals surface area contributed by atoms with Gasteiger partial charge >= 0.3 is 0 Å². The van der Waals surface area contributed by atoms with E-state index in [-0.39, 0.29) is 6.10 Å². The average Bonchev–Trinajstić information content (AvgIpc) is 3.49. The highest BCUT2D eigenvalue weighted by atomic mass is 79.9. The lowest BCUT2D eigenvalue weighted by molar-refractivity contribution is 0.0986. The zero-order chi connectivity index (χ0) is 18.7. The summed E-state index contributed by atoms with van der Waals surface area (Å²) in [6.07, 6.45) is 3.06. The third-order valence-electron chi connectivity index (χ3n) is 5.32. The lowest BCUT2D eigenvalue weighted by Gasteiger charge is -2.27. The number of halogens is 1. The molecule has 0 amide bonds. The number of aromatic nitrogens is 6. The third-order valence-corrected chi connectivity index (χ3v) is 5.88. The number of hydrogen-bond donors (Lipinski definition) is 2. The molecular formula is C18H17BrN8O. The summed E-state index contributed by atoms with van der Waals surface area (Å²) in [6, 6.07) is 8.33. The number of hydrogen-bond acceptors (Lipinski definition) is 7. The van der Waals surface area contributed by atoms with Gasteiger partial charge in [0.1, 0.15) is 5.82 Å². The molecule has 2 fully saturated rings. The quantitative estimate of drug-likeness (QED) is 0.502. The number of nitrogens with one attached hydrogen (secondary N) is 2. The summed E-state index contributed by atoms with van der Waals surface area (Å²) >= 11 is 3.54. The molecule has 2 saturated heterocycles. The summed E-state index contributed by atoms with van der Waals surface area (Å²) in [4.78, 5) is 19.7. The predicted octanol–water partition coefficient (Wildman–Crippen LogP) is 2.35.